The van der Waals surface area contributed by atoms with Crippen LogP contribution in [-0.2, 0) is 10.3 Å². The van der Waals surface area contributed by atoms with E-state index in [1.54, 1.807) is 4.90 Å². The molecule has 1 aliphatic rings. The van der Waals surface area contributed by atoms with E-state index in [-0.39, 0.29) is 11.2 Å². The number of carbonyl (C=O) groups is 1. The summed E-state index contributed by atoms with van der Waals surface area (Å²) in [6.07, 6.45) is -0.659. The van der Waals surface area contributed by atoms with Crippen molar-refractivity contribution in [2.75, 3.05) is 0 Å². The monoisotopic (exact) mass is 309 g/mol. The highest BCUT2D eigenvalue weighted by molar-refractivity contribution is 5.74. The number of hydrogen-bond acceptors (Lipinski definition) is 3. The lowest BCUT2D eigenvalue weighted by Gasteiger charge is -2.40. The van der Waals surface area contributed by atoms with E-state index in [0.717, 1.165) is 0 Å². The average Bonchev–Trinajstić information content (AvgIpc) is 2.53. The van der Waals surface area contributed by atoms with Crippen molar-refractivity contribution in [3.8, 4) is 0 Å². The SMILES string of the molecule is CC(C)(C)C[C@@H](C(=O)O)N1C(O)c2ccc(F)cc2C1(C)C. The van der Waals surface area contributed by atoms with E-state index >= 15 is 0 Å². The van der Waals surface area contributed by atoms with Gasteiger partial charge in [-0.3, -0.25) is 9.69 Å². The number of aliphatic hydroxyl groups is 1. The second-order valence-corrected chi connectivity index (χ2v) is 7.69. The fraction of sp³-hybridized carbons (Fsp3) is 0.588. The van der Waals surface area contributed by atoms with Crippen molar-refractivity contribution >= 4 is 5.97 Å². The summed E-state index contributed by atoms with van der Waals surface area (Å²) in [5.74, 6) is -1.36. The van der Waals surface area contributed by atoms with E-state index in [2.05, 4.69) is 0 Å². The molecule has 0 amide bonds. The summed E-state index contributed by atoms with van der Waals surface area (Å²) in [6, 6.07) is 3.36. The number of halogens is 1. The maximum Gasteiger partial charge on any atom is 0.321 e. The minimum Gasteiger partial charge on any atom is -0.480 e. The topological polar surface area (TPSA) is 60.8 Å². The van der Waals surface area contributed by atoms with Crippen molar-refractivity contribution in [1.29, 1.82) is 0 Å². The van der Waals surface area contributed by atoms with Gasteiger partial charge in [0.05, 0.1) is 0 Å². The predicted octanol–water partition coefficient (Wildman–Crippen LogP) is 3.26. The molecule has 2 atom stereocenters. The van der Waals surface area contributed by atoms with Gasteiger partial charge in [-0.15, -0.1) is 0 Å². The molecule has 1 heterocycles. The molecule has 1 unspecified atom stereocenters. The van der Waals surface area contributed by atoms with Gasteiger partial charge < -0.3 is 10.2 Å². The van der Waals surface area contributed by atoms with Crippen molar-refractivity contribution in [3.05, 3.63) is 35.1 Å². The zero-order valence-electron chi connectivity index (χ0n) is 13.7. The van der Waals surface area contributed by atoms with E-state index in [9.17, 15) is 19.4 Å². The maximum atomic E-state index is 13.6. The fourth-order valence-corrected chi connectivity index (χ4v) is 3.32. The van der Waals surface area contributed by atoms with Crippen LogP contribution in [0.1, 0.15) is 58.4 Å². The highest BCUT2D eigenvalue weighted by atomic mass is 19.1. The van der Waals surface area contributed by atoms with Gasteiger partial charge in [-0.05, 0) is 43.4 Å². The Labute approximate surface area is 130 Å². The molecule has 122 valence electrons. The minimum atomic E-state index is -1.05. The summed E-state index contributed by atoms with van der Waals surface area (Å²) in [5, 5.41) is 20.3. The van der Waals surface area contributed by atoms with Crippen LogP contribution in [0.4, 0.5) is 4.39 Å². The van der Waals surface area contributed by atoms with Crippen LogP contribution in [-0.4, -0.2) is 27.1 Å². The molecule has 0 aliphatic carbocycles. The lowest BCUT2D eigenvalue weighted by molar-refractivity contribution is -0.156. The molecule has 2 N–H and O–H groups in total. The lowest BCUT2D eigenvalue weighted by Crippen LogP contribution is -2.50. The number of carboxylic acid groups (broad SMARTS) is 1. The van der Waals surface area contributed by atoms with Crippen LogP contribution in [0.3, 0.4) is 0 Å². The largest absolute Gasteiger partial charge is 0.480 e. The summed E-state index contributed by atoms with van der Waals surface area (Å²) in [4.78, 5) is 13.4. The highest BCUT2D eigenvalue weighted by Gasteiger charge is 2.49. The number of carboxylic acids is 1. The Morgan fingerprint density at radius 1 is 1.41 bits per heavy atom. The Balaban J connectivity index is 2.49. The molecule has 22 heavy (non-hydrogen) atoms. The van der Waals surface area contributed by atoms with Gasteiger partial charge in [-0.2, -0.15) is 0 Å². The molecule has 1 aromatic rings. The van der Waals surface area contributed by atoms with Gasteiger partial charge in [0, 0.05) is 11.1 Å². The lowest BCUT2D eigenvalue weighted by atomic mass is 9.85. The standard InChI is InChI=1S/C17H24FNO3/c1-16(2,3)9-13(15(21)22)19-14(20)11-7-6-10(18)8-12(11)17(19,4)5/h6-8,13-14,20H,9H2,1-5H3,(H,21,22)/t13-,14?/m0/s1. The molecule has 0 saturated heterocycles. The molecular weight excluding hydrogens is 285 g/mol. The summed E-state index contributed by atoms with van der Waals surface area (Å²) in [5.41, 5.74) is 0.246. The van der Waals surface area contributed by atoms with Crippen LogP contribution >= 0.6 is 0 Å². The van der Waals surface area contributed by atoms with Crippen molar-refractivity contribution in [2.24, 2.45) is 5.41 Å². The minimum absolute atomic E-state index is 0.209. The number of aliphatic carboxylic acids is 1. The smallest absolute Gasteiger partial charge is 0.321 e. The molecule has 1 aromatic carbocycles. The van der Waals surface area contributed by atoms with Gasteiger partial charge >= 0.3 is 5.97 Å². The first kappa shape index (κ1) is 16.9. The first-order valence-corrected chi connectivity index (χ1v) is 7.44. The third-order valence-electron chi connectivity index (χ3n) is 4.29. The molecule has 0 spiro atoms. The number of aliphatic hydroxyl groups excluding tert-OH is 1. The normalized spacial score (nSPS) is 22.4. The quantitative estimate of drug-likeness (QED) is 0.899. The predicted molar refractivity (Wildman–Crippen MR) is 81.7 cm³/mol. The third kappa shape index (κ3) is 2.88. The number of hydrogen-bond donors (Lipinski definition) is 2. The third-order valence-corrected chi connectivity index (χ3v) is 4.29. The van der Waals surface area contributed by atoms with Crippen molar-refractivity contribution in [1.82, 2.24) is 4.90 Å². The van der Waals surface area contributed by atoms with Crippen LogP contribution in [0.2, 0.25) is 0 Å². The number of rotatable bonds is 3. The van der Waals surface area contributed by atoms with E-state index < -0.39 is 23.8 Å². The van der Waals surface area contributed by atoms with E-state index in [0.29, 0.717) is 17.5 Å². The van der Waals surface area contributed by atoms with Crippen LogP contribution < -0.4 is 0 Å². The highest BCUT2D eigenvalue weighted by Crippen LogP contribution is 2.47. The van der Waals surface area contributed by atoms with E-state index in [1.807, 2.05) is 34.6 Å². The molecule has 2 rings (SSSR count). The van der Waals surface area contributed by atoms with Crippen LogP contribution in [0.15, 0.2) is 18.2 Å². The number of nitrogens with zero attached hydrogens (tertiary/aromatic N) is 1. The molecule has 1 aliphatic heterocycles. The Bertz CT molecular complexity index is 592. The Kier molecular flexibility index (Phi) is 4.09. The van der Waals surface area contributed by atoms with Gasteiger partial charge in [-0.1, -0.05) is 26.8 Å². The van der Waals surface area contributed by atoms with Gasteiger partial charge in [0.15, 0.2) is 0 Å². The van der Waals surface area contributed by atoms with Gasteiger partial charge in [-0.25, -0.2) is 4.39 Å². The zero-order valence-corrected chi connectivity index (χ0v) is 13.7. The Morgan fingerprint density at radius 3 is 2.50 bits per heavy atom. The fourth-order valence-electron chi connectivity index (χ4n) is 3.32. The summed E-state index contributed by atoms with van der Waals surface area (Å²) >= 11 is 0. The van der Waals surface area contributed by atoms with Crippen LogP contribution in [0.25, 0.3) is 0 Å². The first-order valence-electron chi connectivity index (χ1n) is 7.44. The second kappa shape index (κ2) is 5.32. The van der Waals surface area contributed by atoms with E-state index in [4.69, 9.17) is 0 Å². The van der Waals surface area contributed by atoms with Crippen LogP contribution in [0.5, 0.6) is 0 Å². The Morgan fingerprint density at radius 2 is 2.00 bits per heavy atom. The summed E-state index contributed by atoms with van der Waals surface area (Å²) in [7, 11) is 0. The maximum absolute atomic E-state index is 13.6. The second-order valence-electron chi connectivity index (χ2n) is 7.69. The van der Waals surface area contributed by atoms with Gasteiger partial charge in [0.25, 0.3) is 0 Å². The van der Waals surface area contributed by atoms with Crippen molar-refractivity contribution < 1.29 is 19.4 Å². The summed E-state index contributed by atoms with van der Waals surface area (Å²) in [6.45, 7) is 9.53. The molecule has 4 nitrogen and oxygen atoms in total. The average molecular weight is 309 g/mol. The molecule has 0 saturated carbocycles. The van der Waals surface area contributed by atoms with Crippen molar-refractivity contribution in [3.63, 3.8) is 0 Å². The van der Waals surface area contributed by atoms with Crippen LogP contribution in [0, 0.1) is 11.2 Å². The molecule has 0 radical (unpaired) electrons. The molecule has 0 aromatic heterocycles. The molecule has 0 fully saturated rings. The first-order chi connectivity index (χ1) is 9.95. The zero-order chi connectivity index (χ0) is 16.9. The van der Waals surface area contributed by atoms with Crippen molar-refractivity contribution in [2.45, 2.75) is 58.8 Å². The van der Waals surface area contributed by atoms with Gasteiger partial charge in [0.1, 0.15) is 18.1 Å². The number of benzene rings is 1. The Hall–Kier alpha value is -1.46. The molecular formula is C17H24FNO3. The molecule has 0 bridgehead atoms. The number of fused-ring (bicyclic) bond motifs is 1. The summed E-state index contributed by atoms with van der Waals surface area (Å²) < 4.78 is 13.6. The molecule has 5 heteroatoms. The van der Waals surface area contributed by atoms with Gasteiger partial charge in [0.2, 0.25) is 0 Å². The van der Waals surface area contributed by atoms with E-state index in [1.165, 1.54) is 18.2 Å².